The third kappa shape index (κ3) is 1.28. The molecule has 2 aromatic rings. The maximum atomic E-state index is 10.7. The molecule has 0 spiro atoms. The topological polar surface area (TPSA) is 66.0 Å². The van der Waals surface area contributed by atoms with E-state index in [1.54, 1.807) is 12.3 Å². The molecule has 0 aliphatic heterocycles. The van der Waals surface area contributed by atoms with E-state index in [0.29, 0.717) is 5.52 Å². The summed E-state index contributed by atoms with van der Waals surface area (Å²) in [6.07, 6.45) is 3.27. The van der Waals surface area contributed by atoms with Crippen molar-refractivity contribution in [2.45, 2.75) is 0 Å². The Morgan fingerprint density at radius 1 is 1.62 bits per heavy atom. The van der Waals surface area contributed by atoms with Gasteiger partial charge in [0.15, 0.2) is 5.69 Å². The van der Waals surface area contributed by atoms with Crippen molar-refractivity contribution in [3.05, 3.63) is 27.7 Å². The van der Waals surface area contributed by atoms with Gasteiger partial charge in [0.2, 0.25) is 0 Å². The standard InChI is InChI=1S/C8H5IN2O2/c9-5-3-11-6-4(5)1-2-10-7(6)8(12)13/h1-3,11H,(H,12,13). The molecule has 0 unspecified atom stereocenters. The SMILES string of the molecule is O=C(O)c1nccc2c(I)c[nH]c12. The van der Waals surface area contributed by atoms with Crippen molar-refractivity contribution in [2.75, 3.05) is 0 Å². The molecule has 0 aromatic carbocycles. The number of aromatic nitrogens is 2. The van der Waals surface area contributed by atoms with E-state index in [4.69, 9.17) is 5.11 Å². The zero-order valence-electron chi connectivity index (χ0n) is 6.41. The lowest BCUT2D eigenvalue weighted by molar-refractivity contribution is 0.0692. The van der Waals surface area contributed by atoms with Crippen LogP contribution in [0.5, 0.6) is 0 Å². The van der Waals surface area contributed by atoms with Gasteiger partial charge < -0.3 is 10.1 Å². The summed E-state index contributed by atoms with van der Waals surface area (Å²) in [6.45, 7) is 0. The number of carboxylic acids is 1. The molecule has 0 saturated heterocycles. The molecule has 0 saturated carbocycles. The van der Waals surface area contributed by atoms with Crippen LogP contribution in [0.2, 0.25) is 0 Å². The van der Waals surface area contributed by atoms with Crippen molar-refractivity contribution < 1.29 is 9.90 Å². The van der Waals surface area contributed by atoms with Gasteiger partial charge in [0.05, 0.1) is 5.52 Å². The Kier molecular flexibility index (Phi) is 1.95. The molecule has 5 heteroatoms. The molecule has 2 N–H and O–H groups in total. The number of nitrogens with zero attached hydrogens (tertiary/aromatic N) is 1. The van der Waals surface area contributed by atoms with Crippen molar-refractivity contribution in [1.82, 2.24) is 9.97 Å². The summed E-state index contributed by atoms with van der Waals surface area (Å²) in [4.78, 5) is 17.4. The zero-order chi connectivity index (χ0) is 9.42. The number of aromatic amines is 1. The lowest BCUT2D eigenvalue weighted by atomic mass is 10.2. The Labute approximate surface area is 87.1 Å². The first-order chi connectivity index (χ1) is 6.20. The molecule has 0 bridgehead atoms. The van der Waals surface area contributed by atoms with Gasteiger partial charge in [0.25, 0.3) is 0 Å². The predicted molar refractivity (Wildman–Crippen MR) is 55.8 cm³/mol. The van der Waals surface area contributed by atoms with E-state index in [-0.39, 0.29) is 5.69 Å². The van der Waals surface area contributed by atoms with E-state index in [1.807, 2.05) is 0 Å². The molecule has 13 heavy (non-hydrogen) atoms. The van der Waals surface area contributed by atoms with Crippen LogP contribution >= 0.6 is 22.6 Å². The van der Waals surface area contributed by atoms with Crippen LogP contribution in [0.1, 0.15) is 10.5 Å². The van der Waals surface area contributed by atoms with Gasteiger partial charge in [-0.15, -0.1) is 0 Å². The minimum Gasteiger partial charge on any atom is -0.476 e. The number of hydrogen-bond acceptors (Lipinski definition) is 2. The second-order valence-corrected chi connectivity index (χ2v) is 3.69. The molecule has 0 aliphatic carbocycles. The van der Waals surface area contributed by atoms with Crippen molar-refractivity contribution in [3.63, 3.8) is 0 Å². The van der Waals surface area contributed by atoms with Gasteiger partial charge >= 0.3 is 5.97 Å². The number of fused-ring (bicyclic) bond motifs is 1. The number of carbonyl (C=O) groups is 1. The molecule has 0 radical (unpaired) electrons. The van der Waals surface area contributed by atoms with Gasteiger partial charge in [-0.1, -0.05) is 0 Å². The Bertz CT molecular complexity index is 478. The van der Waals surface area contributed by atoms with Gasteiger partial charge in [-0.05, 0) is 28.7 Å². The quantitative estimate of drug-likeness (QED) is 0.787. The van der Waals surface area contributed by atoms with Crippen LogP contribution in [0.15, 0.2) is 18.5 Å². The molecule has 66 valence electrons. The van der Waals surface area contributed by atoms with E-state index < -0.39 is 5.97 Å². The minimum atomic E-state index is -1.01. The van der Waals surface area contributed by atoms with Crippen LogP contribution in [-0.4, -0.2) is 21.0 Å². The molecule has 2 aromatic heterocycles. The molecule has 0 amide bonds. The summed E-state index contributed by atoms with van der Waals surface area (Å²) in [5.74, 6) is -1.01. The summed E-state index contributed by atoms with van der Waals surface area (Å²) in [6, 6.07) is 1.79. The first-order valence-electron chi connectivity index (χ1n) is 3.55. The number of rotatable bonds is 1. The van der Waals surface area contributed by atoms with Crippen molar-refractivity contribution in [3.8, 4) is 0 Å². The normalized spacial score (nSPS) is 10.5. The fraction of sp³-hybridized carbons (Fsp3) is 0. The maximum Gasteiger partial charge on any atom is 0.356 e. The predicted octanol–water partition coefficient (Wildman–Crippen LogP) is 1.87. The molecule has 0 aliphatic rings. The second-order valence-electron chi connectivity index (χ2n) is 2.52. The molecule has 0 atom stereocenters. The number of pyridine rings is 1. The number of carboxylic acid groups (broad SMARTS) is 1. The van der Waals surface area contributed by atoms with Crippen molar-refractivity contribution in [2.24, 2.45) is 0 Å². The molecule has 0 fully saturated rings. The van der Waals surface area contributed by atoms with Gasteiger partial charge in [-0.25, -0.2) is 9.78 Å². The summed E-state index contributed by atoms with van der Waals surface area (Å²) in [5, 5.41) is 9.70. The number of hydrogen-bond donors (Lipinski definition) is 2. The third-order valence-corrected chi connectivity index (χ3v) is 2.65. The first kappa shape index (κ1) is 8.49. The monoisotopic (exact) mass is 288 g/mol. The van der Waals surface area contributed by atoms with Gasteiger partial charge in [0.1, 0.15) is 0 Å². The van der Waals surface area contributed by atoms with Crippen molar-refractivity contribution >= 4 is 39.5 Å². The molecule has 4 nitrogen and oxygen atoms in total. The van der Waals surface area contributed by atoms with E-state index in [0.717, 1.165) is 8.96 Å². The highest BCUT2D eigenvalue weighted by Gasteiger charge is 2.11. The first-order valence-corrected chi connectivity index (χ1v) is 4.63. The summed E-state index contributed by atoms with van der Waals surface area (Å²) in [5.41, 5.74) is 0.653. The van der Waals surface area contributed by atoms with Crippen LogP contribution < -0.4 is 0 Å². The smallest absolute Gasteiger partial charge is 0.356 e. The number of nitrogens with one attached hydrogen (secondary N) is 1. The van der Waals surface area contributed by atoms with Gasteiger partial charge in [-0.3, -0.25) is 0 Å². The zero-order valence-corrected chi connectivity index (χ0v) is 8.57. The summed E-state index contributed by atoms with van der Waals surface area (Å²) >= 11 is 2.14. The van der Waals surface area contributed by atoms with Crippen LogP contribution in [0.25, 0.3) is 10.9 Å². The molecule has 2 heterocycles. The summed E-state index contributed by atoms with van der Waals surface area (Å²) < 4.78 is 0.998. The second kappa shape index (κ2) is 2.99. The average molecular weight is 288 g/mol. The Hall–Kier alpha value is -1.11. The molecular weight excluding hydrogens is 283 g/mol. The largest absolute Gasteiger partial charge is 0.476 e. The fourth-order valence-corrected chi connectivity index (χ4v) is 1.79. The Morgan fingerprint density at radius 2 is 2.38 bits per heavy atom. The highest BCUT2D eigenvalue weighted by atomic mass is 127. The van der Waals surface area contributed by atoms with Gasteiger partial charge in [-0.2, -0.15) is 0 Å². The van der Waals surface area contributed by atoms with E-state index in [9.17, 15) is 4.79 Å². The van der Waals surface area contributed by atoms with E-state index in [2.05, 4.69) is 32.6 Å². The lowest BCUT2D eigenvalue weighted by Gasteiger charge is -1.94. The molecular formula is C8H5IN2O2. The summed E-state index contributed by atoms with van der Waals surface area (Å²) in [7, 11) is 0. The fourth-order valence-electron chi connectivity index (χ4n) is 1.18. The van der Waals surface area contributed by atoms with Crippen LogP contribution in [0, 0.1) is 3.57 Å². The van der Waals surface area contributed by atoms with Crippen LogP contribution in [-0.2, 0) is 0 Å². The number of aromatic carboxylic acids is 1. The third-order valence-electron chi connectivity index (χ3n) is 1.75. The average Bonchev–Trinajstić information content (AvgIpc) is 2.48. The lowest BCUT2D eigenvalue weighted by Crippen LogP contribution is -2.00. The highest BCUT2D eigenvalue weighted by molar-refractivity contribution is 14.1. The van der Waals surface area contributed by atoms with E-state index in [1.165, 1.54) is 6.20 Å². The highest BCUT2D eigenvalue weighted by Crippen LogP contribution is 2.21. The van der Waals surface area contributed by atoms with Gasteiger partial charge in [0, 0.05) is 21.4 Å². The van der Waals surface area contributed by atoms with Crippen molar-refractivity contribution in [1.29, 1.82) is 0 Å². The Balaban J connectivity index is 2.84. The van der Waals surface area contributed by atoms with Crippen LogP contribution in [0.4, 0.5) is 0 Å². The maximum absolute atomic E-state index is 10.7. The minimum absolute atomic E-state index is 0.0698. The number of halogens is 1. The Morgan fingerprint density at radius 3 is 3.08 bits per heavy atom. The van der Waals surface area contributed by atoms with E-state index >= 15 is 0 Å². The number of H-pyrrole nitrogens is 1. The van der Waals surface area contributed by atoms with Crippen LogP contribution in [0.3, 0.4) is 0 Å². The molecule has 2 rings (SSSR count).